The highest BCUT2D eigenvalue weighted by Gasteiger charge is 2.16. The van der Waals surface area contributed by atoms with E-state index in [9.17, 15) is 4.79 Å². The van der Waals surface area contributed by atoms with Crippen LogP contribution in [0.15, 0.2) is 35.4 Å². The second-order valence-corrected chi connectivity index (χ2v) is 6.51. The minimum absolute atomic E-state index is 0.270. The Labute approximate surface area is 155 Å². The molecule has 1 N–H and O–H groups in total. The van der Waals surface area contributed by atoms with Gasteiger partial charge in [0.1, 0.15) is 16.4 Å². The summed E-state index contributed by atoms with van der Waals surface area (Å²) in [5.74, 6) is 0.512. The van der Waals surface area contributed by atoms with E-state index in [1.165, 1.54) is 5.56 Å². The second kappa shape index (κ2) is 6.97. The smallest absolute Gasteiger partial charge is 0.264 e. The molecule has 0 amide bonds. The number of fused-ring (bicyclic) bond motifs is 1. The molecule has 1 fully saturated rings. The lowest BCUT2D eigenvalue weighted by Gasteiger charge is -2.27. The third-order valence-electron chi connectivity index (χ3n) is 4.55. The second-order valence-electron chi connectivity index (χ2n) is 6.13. The molecular formula is C18H19N5O2S. The van der Waals surface area contributed by atoms with Crippen LogP contribution in [0, 0.1) is 4.64 Å². The van der Waals surface area contributed by atoms with Gasteiger partial charge in [-0.3, -0.25) is 14.3 Å². The van der Waals surface area contributed by atoms with Crippen molar-refractivity contribution in [2.45, 2.75) is 13.3 Å². The van der Waals surface area contributed by atoms with Gasteiger partial charge in [-0.2, -0.15) is 4.98 Å². The van der Waals surface area contributed by atoms with Gasteiger partial charge in [-0.15, -0.1) is 0 Å². The van der Waals surface area contributed by atoms with E-state index in [1.807, 2.05) is 29.2 Å². The van der Waals surface area contributed by atoms with Gasteiger partial charge >= 0.3 is 0 Å². The number of nitrogens with zero attached hydrogens (tertiary/aromatic N) is 4. The average molecular weight is 369 g/mol. The van der Waals surface area contributed by atoms with Gasteiger partial charge in [0.25, 0.3) is 5.56 Å². The van der Waals surface area contributed by atoms with Gasteiger partial charge < -0.3 is 9.64 Å². The Kier molecular flexibility index (Phi) is 4.52. The predicted molar refractivity (Wildman–Crippen MR) is 103 cm³/mol. The van der Waals surface area contributed by atoms with E-state index in [1.54, 1.807) is 10.9 Å². The van der Waals surface area contributed by atoms with E-state index in [0.29, 0.717) is 47.9 Å². The molecule has 0 atom stereocenters. The van der Waals surface area contributed by atoms with E-state index in [-0.39, 0.29) is 5.56 Å². The molecule has 134 valence electrons. The van der Waals surface area contributed by atoms with Crippen molar-refractivity contribution >= 4 is 29.2 Å². The summed E-state index contributed by atoms with van der Waals surface area (Å²) in [4.78, 5) is 26.4. The highest BCUT2D eigenvalue weighted by molar-refractivity contribution is 7.71. The van der Waals surface area contributed by atoms with E-state index in [0.717, 1.165) is 12.1 Å². The Morgan fingerprint density at radius 2 is 1.96 bits per heavy atom. The third kappa shape index (κ3) is 3.02. The number of H-pyrrole nitrogens is 1. The first kappa shape index (κ1) is 16.9. The quantitative estimate of drug-likeness (QED) is 0.714. The van der Waals surface area contributed by atoms with Crippen molar-refractivity contribution in [2.75, 3.05) is 31.2 Å². The highest BCUT2D eigenvalue weighted by atomic mass is 32.1. The molecule has 8 heteroatoms. The average Bonchev–Trinajstić information content (AvgIpc) is 2.69. The van der Waals surface area contributed by atoms with Crippen molar-refractivity contribution < 1.29 is 4.74 Å². The maximum absolute atomic E-state index is 12.7. The lowest BCUT2D eigenvalue weighted by Crippen LogP contribution is -2.38. The Morgan fingerprint density at radius 3 is 2.65 bits per heavy atom. The molecule has 0 aliphatic carbocycles. The molecule has 3 aromatic rings. The van der Waals surface area contributed by atoms with Gasteiger partial charge in [0.05, 0.1) is 13.2 Å². The van der Waals surface area contributed by atoms with Crippen molar-refractivity contribution in [1.29, 1.82) is 0 Å². The van der Waals surface area contributed by atoms with Crippen LogP contribution in [0.25, 0.3) is 16.7 Å². The number of aromatic nitrogens is 4. The van der Waals surface area contributed by atoms with Gasteiger partial charge in [-0.05, 0) is 24.1 Å². The van der Waals surface area contributed by atoms with Crippen molar-refractivity contribution in [3.8, 4) is 5.69 Å². The predicted octanol–water partition coefficient (Wildman–Crippen LogP) is 2.24. The van der Waals surface area contributed by atoms with Crippen molar-refractivity contribution in [1.82, 2.24) is 19.5 Å². The first-order valence-corrected chi connectivity index (χ1v) is 9.02. The van der Waals surface area contributed by atoms with Crippen LogP contribution in [0.5, 0.6) is 0 Å². The van der Waals surface area contributed by atoms with E-state index in [2.05, 4.69) is 21.9 Å². The zero-order chi connectivity index (χ0) is 18.1. The minimum Gasteiger partial charge on any atom is -0.378 e. The van der Waals surface area contributed by atoms with Crippen molar-refractivity contribution in [2.24, 2.45) is 0 Å². The molecule has 1 aliphatic heterocycles. The molecule has 7 nitrogen and oxygen atoms in total. The maximum atomic E-state index is 12.7. The first-order chi connectivity index (χ1) is 12.7. The topological polar surface area (TPSA) is 76.0 Å². The highest BCUT2D eigenvalue weighted by Crippen LogP contribution is 2.16. The number of anilines is 1. The van der Waals surface area contributed by atoms with Crippen LogP contribution in [0.1, 0.15) is 12.5 Å². The molecule has 3 heterocycles. The summed E-state index contributed by atoms with van der Waals surface area (Å²) in [5.41, 5.74) is 2.21. The van der Waals surface area contributed by atoms with Crippen LogP contribution < -0.4 is 10.5 Å². The molecule has 1 aliphatic rings. The SMILES string of the molecule is CCc1ccc(-n2cnc3nc(N4CCOCC4)[nH]c(=O)c3c2=S)cc1. The van der Waals surface area contributed by atoms with Crippen LogP contribution in [0.2, 0.25) is 0 Å². The monoisotopic (exact) mass is 369 g/mol. The summed E-state index contributed by atoms with van der Waals surface area (Å²) in [6, 6.07) is 8.05. The number of hydrogen-bond donors (Lipinski definition) is 1. The standard InChI is InChI=1S/C18H19N5O2S/c1-2-12-3-5-13(6-4-12)23-11-19-15-14(17(23)26)16(24)21-18(20-15)22-7-9-25-10-8-22/h3-6,11H,2,7-10H2,1H3,(H,20,21,24). The molecule has 1 saturated heterocycles. The summed E-state index contributed by atoms with van der Waals surface area (Å²) in [6.07, 6.45) is 2.59. The fourth-order valence-electron chi connectivity index (χ4n) is 3.02. The molecule has 1 aromatic carbocycles. The van der Waals surface area contributed by atoms with Crippen LogP contribution in [-0.4, -0.2) is 45.8 Å². The molecule has 26 heavy (non-hydrogen) atoms. The zero-order valence-electron chi connectivity index (χ0n) is 14.4. The van der Waals surface area contributed by atoms with E-state index >= 15 is 0 Å². The zero-order valence-corrected chi connectivity index (χ0v) is 15.3. The Balaban J connectivity index is 1.81. The van der Waals surface area contributed by atoms with Gasteiger partial charge in [0.15, 0.2) is 5.65 Å². The lowest BCUT2D eigenvalue weighted by molar-refractivity contribution is 0.122. The molecule has 0 spiro atoms. The number of benzene rings is 1. The van der Waals surface area contributed by atoms with Gasteiger partial charge in [0.2, 0.25) is 5.95 Å². The summed E-state index contributed by atoms with van der Waals surface area (Å²) < 4.78 is 7.48. The third-order valence-corrected chi connectivity index (χ3v) is 4.95. The molecule has 0 bridgehead atoms. The summed E-state index contributed by atoms with van der Waals surface area (Å²) in [6.45, 7) is 4.71. The van der Waals surface area contributed by atoms with Crippen LogP contribution in [0.4, 0.5) is 5.95 Å². The number of aromatic amines is 1. The number of rotatable bonds is 3. The van der Waals surface area contributed by atoms with Gasteiger partial charge in [-0.25, -0.2) is 4.98 Å². The number of morpholine rings is 1. The number of ether oxygens (including phenoxy) is 1. The number of hydrogen-bond acceptors (Lipinski definition) is 6. The molecule has 2 aromatic heterocycles. The molecule has 0 radical (unpaired) electrons. The maximum Gasteiger partial charge on any atom is 0.264 e. The lowest BCUT2D eigenvalue weighted by atomic mass is 10.1. The van der Waals surface area contributed by atoms with Crippen LogP contribution >= 0.6 is 12.2 Å². The molecular weight excluding hydrogens is 350 g/mol. The molecule has 4 rings (SSSR count). The Bertz CT molecular complexity index is 1050. The van der Waals surface area contributed by atoms with Crippen LogP contribution in [0.3, 0.4) is 0 Å². The number of nitrogens with one attached hydrogen (secondary N) is 1. The van der Waals surface area contributed by atoms with Crippen molar-refractivity contribution in [3.63, 3.8) is 0 Å². The summed E-state index contributed by atoms with van der Waals surface area (Å²) in [7, 11) is 0. The normalized spacial score (nSPS) is 14.7. The molecule has 0 saturated carbocycles. The van der Waals surface area contributed by atoms with Crippen molar-refractivity contribution in [3.05, 3.63) is 51.2 Å². The first-order valence-electron chi connectivity index (χ1n) is 8.61. The summed E-state index contributed by atoms with van der Waals surface area (Å²) >= 11 is 5.55. The summed E-state index contributed by atoms with van der Waals surface area (Å²) in [5, 5.41) is 0.332. The fourth-order valence-corrected chi connectivity index (χ4v) is 3.36. The Hall–Kier alpha value is -2.58. The Morgan fingerprint density at radius 1 is 1.23 bits per heavy atom. The van der Waals surface area contributed by atoms with Gasteiger partial charge in [0, 0.05) is 18.8 Å². The van der Waals surface area contributed by atoms with E-state index < -0.39 is 0 Å². The largest absolute Gasteiger partial charge is 0.378 e. The van der Waals surface area contributed by atoms with E-state index in [4.69, 9.17) is 17.0 Å². The van der Waals surface area contributed by atoms with Gasteiger partial charge in [-0.1, -0.05) is 31.3 Å². The number of aryl methyl sites for hydroxylation is 1. The molecule has 0 unspecified atom stereocenters. The fraction of sp³-hybridized carbons (Fsp3) is 0.333. The van der Waals surface area contributed by atoms with Crippen LogP contribution in [-0.2, 0) is 11.2 Å². The minimum atomic E-state index is -0.270.